The molecule has 3 unspecified atom stereocenters. The van der Waals surface area contributed by atoms with E-state index in [1.165, 1.54) is 24.2 Å². The van der Waals surface area contributed by atoms with Crippen LogP contribution in [-0.4, -0.2) is 35.8 Å². The summed E-state index contributed by atoms with van der Waals surface area (Å²) in [7, 11) is 1.57. The quantitative estimate of drug-likeness (QED) is 0.734. The largest absolute Gasteiger partial charge is 0.302 e. The van der Waals surface area contributed by atoms with Gasteiger partial charge in [-0.15, -0.1) is 0 Å². The summed E-state index contributed by atoms with van der Waals surface area (Å²) >= 11 is 0. The molecule has 0 radical (unpaired) electrons. The van der Waals surface area contributed by atoms with E-state index in [0.717, 1.165) is 0 Å². The molecular weight excluding hydrogens is 216 g/mol. The molecule has 4 heteroatoms. The third kappa shape index (κ3) is 2.37. The molecule has 1 saturated carbocycles. The van der Waals surface area contributed by atoms with Crippen LogP contribution in [0.4, 0.5) is 0 Å². The van der Waals surface area contributed by atoms with E-state index in [0.29, 0.717) is 24.3 Å². The standard InChI is InChI=1S/C13H22N2O2/c1-8-5-4-6-9(2)12(8)14-10-7-11(16)15(3)13(10)17/h8-10,12,14H,4-7H2,1-3H3. The Hall–Kier alpha value is -0.900. The first-order chi connectivity index (χ1) is 8.00. The molecule has 17 heavy (non-hydrogen) atoms. The van der Waals surface area contributed by atoms with E-state index in [2.05, 4.69) is 19.2 Å². The maximum atomic E-state index is 11.8. The molecular formula is C13H22N2O2. The van der Waals surface area contributed by atoms with Crippen LogP contribution in [0.25, 0.3) is 0 Å². The minimum Gasteiger partial charge on any atom is -0.302 e. The molecule has 0 spiro atoms. The van der Waals surface area contributed by atoms with Crippen LogP contribution in [0, 0.1) is 11.8 Å². The highest BCUT2D eigenvalue weighted by Gasteiger charge is 2.39. The van der Waals surface area contributed by atoms with Crippen LogP contribution in [0.5, 0.6) is 0 Å². The smallest absolute Gasteiger partial charge is 0.246 e. The Bertz CT molecular complexity index is 319. The molecule has 1 aliphatic carbocycles. The first kappa shape index (κ1) is 12.6. The first-order valence-electron chi connectivity index (χ1n) is 6.57. The lowest BCUT2D eigenvalue weighted by atomic mass is 9.78. The second-order valence-corrected chi connectivity index (χ2v) is 5.63. The van der Waals surface area contributed by atoms with Crippen LogP contribution in [0.2, 0.25) is 0 Å². The Morgan fingerprint density at radius 3 is 2.24 bits per heavy atom. The zero-order valence-electron chi connectivity index (χ0n) is 10.9. The minimum atomic E-state index is -0.291. The highest BCUT2D eigenvalue weighted by atomic mass is 16.2. The Labute approximate surface area is 103 Å². The van der Waals surface area contributed by atoms with Gasteiger partial charge in [-0.2, -0.15) is 0 Å². The number of carbonyl (C=O) groups is 2. The molecule has 1 N–H and O–H groups in total. The average molecular weight is 238 g/mol. The van der Waals surface area contributed by atoms with Crippen LogP contribution < -0.4 is 5.32 Å². The lowest BCUT2D eigenvalue weighted by molar-refractivity contribution is -0.137. The topological polar surface area (TPSA) is 49.4 Å². The second-order valence-electron chi connectivity index (χ2n) is 5.63. The van der Waals surface area contributed by atoms with Crippen molar-refractivity contribution < 1.29 is 9.59 Å². The Morgan fingerprint density at radius 2 is 1.76 bits per heavy atom. The van der Waals surface area contributed by atoms with Gasteiger partial charge in [0.25, 0.3) is 0 Å². The van der Waals surface area contributed by atoms with Gasteiger partial charge in [0.2, 0.25) is 11.8 Å². The molecule has 0 bridgehead atoms. The molecule has 2 rings (SSSR count). The van der Waals surface area contributed by atoms with Crippen molar-refractivity contribution in [1.29, 1.82) is 0 Å². The van der Waals surface area contributed by atoms with Gasteiger partial charge >= 0.3 is 0 Å². The molecule has 2 fully saturated rings. The van der Waals surface area contributed by atoms with E-state index in [-0.39, 0.29) is 17.9 Å². The van der Waals surface area contributed by atoms with Crippen molar-refractivity contribution in [3.8, 4) is 0 Å². The van der Waals surface area contributed by atoms with Gasteiger partial charge < -0.3 is 5.32 Å². The molecule has 1 heterocycles. The highest BCUT2D eigenvalue weighted by Crippen LogP contribution is 2.29. The number of hydrogen-bond donors (Lipinski definition) is 1. The molecule has 1 aliphatic heterocycles. The molecule has 4 nitrogen and oxygen atoms in total. The van der Waals surface area contributed by atoms with Crippen molar-refractivity contribution in [3.05, 3.63) is 0 Å². The third-order valence-electron chi connectivity index (χ3n) is 4.32. The van der Waals surface area contributed by atoms with Gasteiger partial charge in [0, 0.05) is 13.1 Å². The van der Waals surface area contributed by atoms with Crippen LogP contribution in [-0.2, 0) is 9.59 Å². The fourth-order valence-electron chi connectivity index (χ4n) is 3.13. The highest BCUT2D eigenvalue weighted by molar-refractivity contribution is 6.05. The lowest BCUT2D eigenvalue weighted by Crippen LogP contribution is -2.50. The van der Waals surface area contributed by atoms with Crippen LogP contribution >= 0.6 is 0 Å². The van der Waals surface area contributed by atoms with Crippen molar-refractivity contribution in [2.75, 3.05) is 7.05 Å². The summed E-state index contributed by atoms with van der Waals surface area (Å²) in [5.41, 5.74) is 0. The summed E-state index contributed by atoms with van der Waals surface area (Å²) in [5, 5.41) is 3.42. The maximum Gasteiger partial charge on any atom is 0.246 e. The molecule has 1 saturated heterocycles. The van der Waals surface area contributed by atoms with Gasteiger partial charge in [-0.1, -0.05) is 20.3 Å². The van der Waals surface area contributed by atoms with Crippen LogP contribution in [0.3, 0.4) is 0 Å². The summed E-state index contributed by atoms with van der Waals surface area (Å²) < 4.78 is 0. The summed E-state index contributed by atoms with van der Waals surface area (Å²) in [6.45, 7) is 4.47. The maximum absolute atomic E-state index is 11.8. The van der Waals surface area contributed by atoms with E-state index in [1.807, 2.05) is 0 Å². The number of likely N-dealkylation sites (tertiary alicyclic amines) is 1. The molecule has 2 amide bonds. The second kappa shape index (κ2) is 4.77. The van der Waals surface area contributed by atoms with Crippen molar-refractivity contribution >= 4 is 11.8 Å². The number of carbonyl (C=O) groups excluding carboxylic acids is 2. The number of hydrogen-bond acceptors (Lipinski definition) is 3. The summed E-state index contributed by atoms with van der Waals surface area (Å²) in [6.07, 6.45) is 4.03. The summed E-state index contributed by atoms with van der Waals surface area (Å²) in [4.78, 5) is 24.6. The Balaban J connectivity index is 2.01. The van der Waals surface area contributed by atoms with Crippen molar-refractivity contribution in [1.82, 2.24) is 10.2 Å². The predicted octanol–water partition coefficient (Wildman–Crippen LogP) is 1.16. The Kier molecular flexibility index (Phi) is 3.52. The monoisotopic (exact) mass is 238 g/mol. The van der Waals surface area contributed by atoms with Gasteiger partial charge in [-0.25, -0.2) is 0 Å². The number of rotatable bonds is 2. The zero-order chi connectivity index (χ0) is 12.6. The minimum absolute atomic E-state index is 0.0661. The van der Waals surface area contributed by atoms with Gasteiger partial charge in [0.15, 0.2) is 0 Å². The number of amides is 2. The molecule has 2 aliphatic rings. The SMILES string of the molecule is CC1CCCC(C)C1NC1CC(=O)N(C)C1=O. The molecule has 0 aromatic rings. The normalized spacial score (nSPS) is 38.9. The third-order valence-corrected chi connectivity index (χ3v) is 4.32. The fourth-order valence-corrected chi connectivity index (χ4v) is 3.13. The number of nitrogens with zero attached hydrogens (tertiary/aromatic N) is 1. The number of likely N-dealkylation sites (N-methyl/N-ethyl adjacent to an activating group) is 1. The van der Waals surface area contributed by atoms with E-state index in [1.54, 1.807) is 7.05 Å². The van der Waals surface area contributed by atoms with Gasteiger partial charge in [-0.3, -0.25) is 14.5 Å². The predicted molar refractivity (Wildman–Crippen MR) is 65.3 cm³/mol. The van der Waals surface area contributed by atoms with E-state index < -0.39 is 0 Å². The van der Waals surface area contributed by atoms with Gasteiger partial charge in [0.1, 0.15) is 0 Å². The average Bonchev–Trinajstić information content (AvgIpc) is 2.52. The van der Waals surface area contributed by atoms with Crippen molar-refractivity contribution in [2.45, 2.75) is 51.6 Å². The number of imide groups is 1. The van der Waals surface area contributed by atoms with Crippen LogP contribution in [0.1, 0.15) is 39.5 Å². The fraction of sp³-hybridized carbons (Fsp3) is 0.846. The molecule has 0 aromatic heterocycles. The van der Waals surface area contributed by atoms with E-state index in [9.17, 15) is 9.59 Å². The van der Waals surface area contributed by atoms with E-state index in [4.69, 9.17) is 0 Å². The molecule has 0 aromatic carbocycles. The zero-order valence-corrected chi connectivity index (χ0v) is 10.9. The summed E-state index contributed by atoms with van der Waals surface area (Å²) in [5.74, 6) is 1.05. The number of nitrogens with one attached hydrogen (secondary N) is 1. The van der Waals surface area contributed by atoms with Gasteiger partial charge in [-0.05, 0) is 24.7 Å². The lowest BCUT2D eigenvalue weighted by Gasteiger charge is -2.36. The van der Waals surface area contributed by atoms with E-state index >= 15 is 0 Å². The van der Waals surface area contributed by atoms with Gasteiger partial charge in [0.05, 0.1) is 12.5 Å². The molecule has 96 valence electrons. The first-order valence-corrected chi connectivity index (χ1v) is 6.57. The van der Waals surface area contributed by atoms with Crippen molar-refractivity contribution in [3.63, 3.8) is 0 Å². The Morgan fingerprint density at radius 1 is 1.18 bits per heavy atom. The van der Waals surface area contributed by atoms with Crippen molar-refractivity contribution in [2.24, 2.45) is 11.8 Å². The molecule has 3 atom stereocenters. The van der Waals surface area contributed by atoms with Crippen LogP contribution in [0.15, 0.2) is 0 Å². The summed E-state index contributed by atoms with van der Waals surface area (Å²) in [6, 6.07) is 0.0810.